The van der Waals surface area contributed by atoms with E-state index in [1.807, 2.05) is 13.8 Å². The number of nitrogens with one attached hydrogen (secondary N) is 3. The van der Waals surface area contributed by atoms with Crippen molar-refractivity contribution in [3.05, 3.63) is 30.2 Å². The lowest BCUT2D eigenvalue weighted by molar-refractivity contribution is -0.116. The molecule has 4 rings (SSSR count). The molecule has 0 bridgehead atoms. The summed E-state index contributed by atoms with van der Waals surface area (Å²) in [5, 5.41) is 13.3. The fourth-order valence-corrected chi connectivity index (χ4v) is 3.22. The molecule has 0 spiro atoms. The Bertz CT molecular complexity index is 1100. The summed E-state index contributed by atoms with van der Waals surface area (Å²) in [7, 11) is 1.75. The second-order valence-corrected chi connectivity index (χ2v) is 7.32. The SMILES string of the molecule is CNc1cc(Nc2cc(F)cc3c2OCCO3)nc2c(NC(=O)CC(C)C)cnn12. The predicted molar refractivity (Wildman–Crippen MR) is 111 cm³/mol. The predicted octanol–water partition coefficient (Wildman–Crippen LogP) is 3.41. The molecule has 0 saturated carbocycles. The van der Waals surface area contributed by atoms with E-state index < -0.39 is 5.82 Å². The molecule has 1 amide bonds. The van der Waals surface area contributed by atoms with Gasteiger partial charge in [-0.2, -0.15) is 9.61 Å². The highest BCUT2D eigenvalue weighted by atomic mass is 19.1. The van der Waals surface area contributed by atoms with Gasteiger partial charge in [0, 0.05) is 31.7 Å². The van der Waals surface area contributed by atoms with Crippen molar-refractivity contribution in [2.75, 3.05) is 36.2 Å². The van der Waals surface area contributed by atoms with E-state index in [1.165, 1.54) is 12.1 Å². The topological polar surface area (TPSA) is 102 Å². The number of amides is 1. The first-order valence-corrected chi connectivity index (χ1v) is 9.67. The van der Waals surface area contributed by atoms with Gasteiger partial charge in [-0.25, -0.2) is 9.37 Å². The van der Waals surface area contributed by atoms with Crippen LogP contribution in [0.5, 0.6) is 11.5 Å². The number of nitrogens with zero attached hydrogens (tertiary/aromatic N) is 3. The number of anilines is 4. The second-order valence-electron chi connectivity index (χ2n) is 7.32. The Balaban J connectivity index is 1.71. The van der Waals surface area contributed by atoms with Crippen LogP contribution < -0.4 is 25.4 Å². The Morgan fingerprint density at radius 1 is 1.23 bits per heavy atom. The minimum atomic E-state index is -0.456. The van der Waals surface area contributed by atoms with Crippen molar-refractivity contribution in [3.63, 3.8) is 0 Å². The first kappa shape index (κ1) is 19.7. The van der Waals surface area contributed by atoms with E-state index in [2.05, 4.69) is 26.0 Å². The quantitative estimate of drug-likeness (QED) is 0.568. The van der Waals surface area contributed by atoms with Gasteiger partial charge in [-0.1, -0.05) is 13.8 Å². The van der Waals surface area contributed by atoms with Crippen molar-refractivity contribution in [1.29, 1.82) is 0 Å². The van der Waals surface area contributed by atoms with Gasteiger partial charge in [-0.3, -0.25) is 4.79 Å². The number of hydrogen-bond donors (Lipinski definition) is 3. The summed E-state index contributed by atoms with van der Waals surface area (Å²) in [6.07, 6.45) is 1.94. The number of carbonyl (C=O) groups excluding carboxylic acids is 1. The number of benzene rings is 1. The zero-order chi connectivity index (χ0) is 21.3. The van der Waals surface area contributed by atoms with Crippen LogP contribution in [-0.2, 0) is 4.79 Å². The van der Waals surface area contributed by atoms with E-state index >= 15 is 0 Å². The first-order valence-electron chi connectivity index (χ1n) is 9.67. The molecular formula is C20H23FN6O3. The molecule has 0 fully saturated rings. The third kappa shape index (κ3) is 3.93. The molecule has 0 atom stereocenters. The standard InChI is InChI=1S/C20H23FN6O3/c1-11(2)6-18(28)25-14-10-23-27-17(22-3)9-16(26-20(14)27)24-13-7-12(21)8-15-19(13)30-5-4-29-15/h7-11,22H,4-6H2,1-3H3,(H,24,26)(H,25,28). The molecule has 3 aromatic rings. The van der Waals surface area contributed by atoms with Crippen LogP contribution >= 0.6 is 0 Å². The Kier molecular flexibility index (Phi) is 5.30. The van der Waals surface area contributed by atoms with Crippen molar-refractivity contribution in [1.82, 2.24) is 14.6 Å². The summed E-state index contributed by atoms with van der Waals surface area (Å²) in [6, 6.07) is 4.33. The summed E-state index contributed by atoms with van der Waals surface area (Å²) < 4.78 is 26.8. The van der Waals surface area contributed by atoms with E-state index in [1.54, 1.807) is 23.8 Å². The molecule has 3 heterocycles. The normalized spacial score (nSPS) is 12.8. The Hall–Kier alpha value is -3.56. The van der Waals surface area contributed by atoms with Gasteiger partial charge in [0.1, 0.15) is 36.4 Å². The van der Waals surface area contributed by atoms with Crippen LogP contribution in [0.2, 0.25) is 0 Å². The van der Waals surface area contributed by atoms with Gasteiger partial charge in [-0.05, 0) is 5.92 Å². The van der Waals surface area contributed by atoms with Gasteiger partial charge in [0.2, 0.25) is 5.91 Å². The molecule has 0 unspecified atom stereocenters. The van der Waals surface area contributed by atoms with Crippen LogP contribution in [0.15, 0.2) is 24.4 Å². The van der Waals surface area contributed by atoms with Gasteiger partial charge >= 0.3 is 0 Å². The van der Waals surface area contributed by atoms with Crippen molar-refractivity contribution in [2.24, 2.45) is 5.92 Å². The highest BCUT2D eigenvalue weighted by molar-refractivity contribution is 5.94. The molecular weight excluding hydrogens is 391 g/mol. The fourth-order valence-electron chi connectivity index (χ4n) is 3.22. The van der Waals surface area contributed by atoms with E-state index in [0.717, 1.165) is 0 Å². The molecule has 10 heteroatoms. The van der Waals surface area contributed by atoms with Gasteiger partial charge < -0.3 is 25.4 Å². The summed E-state index contributed by atoms with van der Waals surface area (Å²) in [4.78, 5) is 16.8. The van der Waals surface area contributed by atoms with Gasteiger partial charge in [0.05, 0.1) is 11.9 Å². The highest BCUT2D eigenvalue weighted by Gasteiger charge is 2.20. The molecule has 30 heavy (non-hydrogen) atoms. The highest BCUT2D eigenvalue weighted by Crippen LogP contribution is 2.40. The third-order valence-electron chi connectivity index (χ3n) is 4.47. The number of aromatic nitrogens is 3. The molecule has 158 valence electrons. The van der Waals surface area contributed by atoms with Gasteiger partial charge in [0.25, 0.3) is 0 Å². The van der Waals surface area contributed by atoms with E-state index in [0.29, 0.717) is 59.8 Å². The maximum absolute atomic E-state index is 14.0. The first-order chi connectivity index (χ1) is 14.4. The van der Waals surface area contributed by atoms with Crippen molar-refractivity contribution >= 4 is 34.6 Å². The average molecular weight is 414 g/mol. The Morgan fingerprint density at radius 3 is 2.80 bits per heavy atom. The summed E-state index contributed by atoms with van der Waals surface area (Å²) in [6.45, 7) is 4.68. The third-order valence-corrected chi connectivity index (χ3v) is 4.47. The average Bonchev–Trinajstić information content (AvgIpc) is 3.09. The molecule has 9 nitrogen and oxygen atoms in total. The molecule has 0 aliphatic carbocycles. The van der Waals surface area contributed by atoms with Crippen LogP contribution in [0.4, 0.5) is 27.4 Å². The monoisotopic (exact) mass is 414 g/mol. The van der Waals surface area contributed by atoms with Crippen LogP contribution in [0.1, 0.15) is 20.3 Å². The zero-order valence-electron chi connectivity index (χ0n) is 17.0. The molecule has 1 aliphatic rings. The molecule has 0 radical (unpaired) electrons. The van der Waals surface area contributed by atoms with E-state index in [-0.39, 0.29) is 11.8 Å². The smallest absolute Gasteiger partial charge is 0.224 e. The minimum absolute atomic E-state index is 0.115. The second kappa shape index (κ2) is 8.05. The lowest BCUT2D eigenvalue weighted by Crippen LogP contribution is -2.17. The molecule has 1 aromatic carbocycles. The summed E-state index contributed by atoms with van der Waals surface area (Å²) >= 11 is 0. The van der Waals surface area contributed by atoms with Crippen LogP contribution in [0, 0.1) is 11.7 Å². The van der Waals surface area contributed by atoms with Crippen molar-refractivity contribution < 1.29 is 18.7 Å². The summed E-state index contributed by atoms with van der Waals surface area (Å²) in [5.41, 5.74) is 1.33. The van der Waals surface area contributed by atoms with Crippen LogP contribution in [-0.4, -0.2) is 40.8 Å². The summed E-state index contributed by atoms with van der Waals surface area (Å²) in [5.74, 6) is 1.48. The number of ether oxygens (including phenoxy) is 2. The molecule has 1 aliphatic heterocycles. The number of fused-ring (bicyclic) bond motifs is 2. The van der Waals surface area contributed by atoms with E-state index in [9.17, 15) is 9.18 Å². The lowest BCUT2D eigenvalue weighted by atomic mass is 10.1. The number of rotatable bonds is 6. The molecule has 0 saturated heterocycles. The fraction of sp³-hybridized carbons (Fsp3) is 0.350. The van der Waals surface area contributed by atoms with Gasteiger partial charge in [-0.15, -0.1) is 0 Å². The van der Waals surface area contributed by atoms with E-state index in [4.69, 9.17) is 9.47 Å². The van der Waals surface area contributed by atoms with Crippen molar-refractivity contribution in [3.8, 4) is 11.5 Å². The number of halogens is 1. The molecule has 2 aromatic heterocycles. The van der Waals surface area contributed by atoms with Crippen LogP contribution in [0.25, 0.3) is 5.65 Å². The number of hydrogen-bond acceptors (Lipinski definition) is 7. The van der Waals surface area contributed by atoms with Crippen LogP contribution in [0.3, 0.4) is 0 Å². The minimum Gasteiger partial charge on any atom is -0.486 e. The largest absolute Gasteiger partial charge is 0.486 e. The maximum Gasteiger partial charge on any atom is 0.224 e. The van der Waals surface area contributed by atoms with Gasteiger partial charge in [0.15, 0.2) is 17.1 Å². The van der Waals surface area contributed by atoms with Crippen molar-refractivity contribution in [2.45, 2.75) is 20.3 Å². The zero-order valence-corrected chi connectivity index (χ0v) is 17.0. The maximum atomic E-state index is 14.0. The Morgan fingerprint density at radius 2 is 2.03 bits per heavy atom. The molecule has 3 N–H and O–H groups in total. The number of carbonyl (C=O) groups is 1. The Labute approximate surface area is 172 Å². The lowest BCUT2D eigenvalue weighted by Gasteiger charge is -2.21.